The van der Waals surface area contributed by atoms with E-state index in [4.69, 9.17) is 22.8 Å². The zero-order chi connectivity index (χ0) is 12.1. The van der Waals surface area contributed by atoms with Crippen LogP contribution in [-0.2, 0) is 0 Å². The molecule has 17 heavy (non-hydrogen) atoms. The van der Waals surface area contributed by atoms with E-state index in [0.717, 1.165) is 5.56 Å². The topological polar surface area (TPSA) is 9.23 Å². The minimum absolute atomic E-state index is 0.480. The van der Waals surface area contributed by atoms with Gasteiger partial charge in [-0.15, -0.1) is 6.42 Å². The molecule has 1 atom stereocenters. The predicted molar refractivity (Wildman–Crippen MR) is 68.9 cm³/mol. The SMILES string of the molecule is C#CC(Oc1cc[c]cc1)c1ccccc1Cl. The van der Waals surface area contributed by atoms with Gasteiger partial charge in [0.05, 0.1) is 0 Å². The number of ether oxygens (including phenoxy) is 1. The Hall–Kier alpha value is -1.91. The van der Waals surface area contributed by atoms with E-state index in [0.29, 0.717) is 10.8 Å². The first kappa shape index (κ1) is 11.6. The summed E-state index contributed by atoms with van der Waals surface area (Å²) in [5.41, 5.74) is 0.796. The van der Waals surface area contributed by atoms with Crippen molar-refractivity contribution in [3.63, 3.8) is 0 Å². The average Bonchev–Trinajstić information content (AvgIpc) is 2.38. The highest BCUT2D eigenvalue weighted by atomic mass is 35.5. The van der Waals surface area contributed by atoms with Crippen LogP contribution < -0.4 is 4.74 Å². The molecule has 0 spiro atoms. The van der Waals surface area contributed by atoms with Crippen LogP contribution in [0.1, 0.15) is 11.7 Å². The molecule has 2 heteroatoms. The van der Waals surface area contributed by atoms with Crippen molar-refractivity contribution in [2.75, 3.05) is 0 Å². The van der Waals surface area contributed by atoms with E-state index in [2.05, 4.69) is 12.0 Å². The van der Waals surface area contributed by atoms with E-state index >= 15 is 0 Å². The molecule has 1 nitrogen and oxygen atoms in total. The highest BCUT2D eigenvalue weighted by Crippen LogP contribution is 2.26. The lowest BCUT2D eigenvalue weighted by Gasteiger charge is -2.15. The van der Waals surface area contributed by atoms with Crippen molar-refractivity contribution in [3.8, 4) is 18.1 Å². The molecule has 0 amide bonds. The Morgan fingerprint density at radius 2 is 1.88 bits per heavy atom. The average molecular weight is 242 g/mol. The van der Waals surface area contributed by atoms with Crippen LogP contribution in [0.5, 0.6) is 5.75 Å². The quantitative estimate of drug-likeness (QED) is 0.741. The van der Waals surface area contributed by atoms with E-state index in [1.54, 1.807) is 30.3 Å². The van der Waals surface area contributed by atoms with Crippen LogP contribution in [0.15, 0.2) is 48.5 Å². The monoisotopic (exact) mass is 241 g/mol. The zero-order valence-electron chi connectivity index (χ0n) is 9.06. The van der Waals surface area contributed by atoms with Gasteiger partial charge in [0.2, 0.25) is 0 Å². The second kappa shape index (κ2) is 5.43. The Balaban J connectivity index is 2.25. The van der Waals surface area contributed by atoms with Crippen molar-refractivity contribution < 1.29 is 4.74 Å². The van der Waals surface area contributed by atoms with Crippen LogP contribution >= 0.6 is 11.6 Å². The van der Waals surface area contributed by atoms with Crippen molar-refractivity contribution in [3.05, 3.63) is 65.2 Å². The lowest BCUT2D eigenvalue weighted by Crippen LogP contribution is -2.05. The van der Waals surface area contributed by atoms with Gasteiger partial charge >= 0.3 is 0 Å². The Morgan fingerprint density at radius 1 is 1.18 bits per heavy atom. The van der Waals surface area contributed by atoms with Gasteiger partial charge in [-0.05, 0) is 24.3 Å². The third kappa shape index (κ3) is 2.81. The minimum atomic E-state index is -0.480. The first-order valence-corrected chi connectivity index (χ1v) is 5.52. The van der Waals surface area contributed by atoms with Gasteiger partial charge in [0, 0.05) is 10.6 Å². The van der Waals surface area contributed by atoms with Crippen molar-refractivity contribution in [1.82, 2.24) is 0 Å². The number of hydrogen-bond donors (Lipinski definition) is 0. The fourth-order valence-electron chi connectivity index (χ4n) is 1.46. The second-order valence-corrected chi connectivity index (χ2v) is 3.83. The molecule has 0 aliphatic heterocycles. The van der Waals surface area contributed by atoms with Crippen LogP contribution in [0.3, 0.4) is 0 Å². The van der Waals surface area contributed by atoms with E-state index in [-0.39, 0.29) is 0 Å². The number of hydrogen-bond acceptors (Lipinski definition) is 1. The molecule has 2 rings (SSSR count). The van der Waals surface area contributed by atoms with Gasteiger partial charge in [-0.2, -0.15) is 0 Å². The van der Waals surface area contributed by atoms with Crippen molar-refractivity contribution in [2.24, 2.45) is 0 Å². The van der Waals surface area contributed by atoms with Crippen LogP contribution in [0, 0.1) is 18.4 Å². The molecule has 2 aromatic carbocycles. The fraction of sp³-hybridized carbons (Fsp3) is 0.0667. The van der Waals surface area contributed by atoms with Crippen molar-refractivity contribution in [2.45, 2.75) is 6.10 Å². The van der Waals surface area contributed by atoms with Gasteiger partial charge in [0.25, 0.3) is 0 Å². The van der Waals surface area contributed by atoms with Crippen molar-refractivity contribution in [1.29, 1.82) is 0 Å². The maximum atomic E-state index is 6.08. The van der Waals surface area contributed by atoms with Gasteiger partial charge in [-0.1, -0.05) is 47.9 Å². The summed E-state index contributed by atoms with van der Waals surface area (Å²) in [5, 5.41) is 0.609. The van der Waals surface area contributed by atoms with Crippen molar-refractivity contribution >= 4 is 11.6 Å². The predicted octanol–water partition coefficient (Wildman–Crippen LogP) is 3.89. The molecular weight excluding hydrogens is 232 g/mol. The molecule has 0 heterocycles. The highest BCUT2D eigenvalue weighted by Gasteiger charge is 2.12. The van der Waals surface area contributed by atoms with Gasteiger partial charge < -0.3 is 4.74 Å². The molecule has 0 N–H and O–H groups in total. The summed E-state index contributed by atoms with van der Waals surface area (Å²) in [5.74, 6) is 3.29. The molecule has 0 aliphatic carbocycles. The molecule has 2 aromatic rings. The number of terminal acetylenes is 1. The molecule has 1 radical (unpaired) electrons. The maximum Gasteiger partial charge on any atom is 0.185 e. The Morgan fingerprint density at radius 3 is 2.53 bits per heavy atom. The van der Waals surface area contributed by atoms with Crippen LogP contribution in [0.2, 0.25) is 5.02 Å². The summed E-state index contributed by atoms with van der Waals surface area (Å²) in [6, 6.07) is 17.5. The van der Waals surface area contributed by atoms with E-state index in [1.165, 1.54) is 0 Å². The lowest BCUT2D eigenvalue weighted by molar-refractivity contribution is 0.265. The van der Waals surface area contributed by atoms with Gasteiger partial charge in [-0.3, -0.25) is 0 Å². The van der Waals surface area contributed by atoms with Crippen LogP contribution in [0.4, 0.5) is 0 Å². The first-order chi connectivity index (χ1) is 8.31. The molecular formula is C15H10ClO. The normalized spacial score (nSPS) is 11.5. The molecule has 0 saturated carbocycles. The maximum absolute atomic E-state index is 6.08. The number of rotatable bonds is 3. The molecule has 0 aliphatic rings. The summed E-state index contributed by atoms with van der Waals surface area (Å²) in [7, 11) is 0. The molecule has 0 bridgehead atoms. The molecule has 0 aromatic heterocycles. The van der Waals surface area contributed by atoms with Crippen LogP contribution in [0.25, 0.3) is 0 Å². The van der Waals surface area contributed by atoms with Gasteiger partial charge in [0.1, 0.15) is 5.75 Å². The number of halogens is 1. The first-order valence-electron chi connectivity index (χ1n) is 5.14. The van der Waals surface area contributed by atoms with Gasteiger partial charge in [0.15, 0.2) is 6.10 Å². The third-order valence-electron chi connectivity index (χ3n) is 2.28. The molecule has 83 valence electrons. The Bertz CT molecular complexity index is 528. The smallest absolute Gasteiger partial charge is 0.185 e. The summed E-state index contributed by atoms with van der Waals surface area (Å²) >= 11 is 6.08. The van der Waals surface area contributed by atoms with Crippen LogP contribution in [-0.4, -0.2) is 0 Å². The van der Waals surface area contributed by atoms with E-state index in [1.807, 2.05) is 18.2 Å². The molecule has 1 unspecified atom stereocenters. The zero-order valence-corrected chi connectivity index (χ0v) is 9.82. The number of benzene rings is 2. The standard InChI is InChI=1S/C15H10ClO/c1-2-15(13-10-6-7-11-14(13)16)17-12-8-4-3-5-9-12/h1,4-11,15H. The third-order valence-corrected chi connectivity index (χ3v) is 2.62. The minimum Gasteiger partial charge on any atom is -0.473 e. The van der Waals surface area contributed by atoms with E-state index in [9.17, 15) is 0 Å². The van der Waals surface area contributed by atoms with Gasteiger partial charge in [-0.25, -0.2) is 0 Å². The summed E-state index contributed by atoms with van der Waals surface area (Å²) < 4.78 is 5.69. The summed E-state index contributed by atoms with van der Waals surface area (Å²) in [6.45, 7) is 0. The Kier molecular flexibility index (Phi) is 3.69. The summed E-state index contributed by atoms with van der Waals surface area (Å²) in [4.78, 5) is 0. The lowest BCUT2D eigenvalue weighted by atomic mass is 10.1. The summed E-state index contributed by atoms with van der Waals surface area (Å²) in [6.07, 6.45) is 5.00. The second-order valence-electron chi connectivity index (χ2n) is 3.42. The fourth-order valence-corrected chi connectivity index (χ4v) is 1.70. The van der Waals surface area contributed by atoms with E-state index < -0.39 is 6.10 Å². The molecule has 0 fully saturated rings. The largest absolute Gasteiger partial charge is 0.473 e. The highest BCUT2D eigenvalue weighted by molar-refractivity contribution is 6.31. The molecule has 0 saturated heterocycles. The Labute approximate surface area is 106 Å².